The van der Waals surface area contributed by atoms with Gasteiger partial charge in [0.1, 0.15) is 4.70 Å². The van der Waals surface area contributed by atoms with Gasteiger partial charge < -0.3 is 5.32 Å². The van der Waals surface area contributed by atoms with Crippen molar-refractivity contribution in [1.29, 1.82) is 0 Å². The average molecular weight is 402 g/mol. The molecule has 1 aromatic carbocycles. The first kappa shape index (κ1) is 19.6. The van der Waals surface area contributed by atoms with Crippen LogP contribution in [0.1, 0.15) is 25.0 Å². The molecule has 0 aliphatic heterocycles. The van der Waals surface area contributed by atoms with Gasteiger partial charge in [0.25, 0.3) is 5.56 Å². The number of benzene rings is 1. The Balaban J connectivity index is 1.80. The van der Waals surface area contributed by atoms with E-state index in [2.05, 4.69) is 24.1 Å². The maximum Gasteiger partial charge on any atom is 0.272 e. The molecule has 2 heterocycles. The Labute approximate surface area is 166 Å². The van der Waals surface area contributed by atoms with E-state index in [0.717, 1.165) is 16.8 Å². The molecule has 1 amide bonds. The van der Waals surface area contributed by atoms with Crippen LogP contribution >= 0.6 is 23.1 Å². The van der Waals surface area contributed by atoms with E-state index in [0.29, 0.717) is 27.8 Å². The summed E-state index contributed by atoms with van der Waals surface area (Å²) >= 11 is 2.71. The van der Waals surface area contributed by atoms with Gasteiger partial charge in [-0.25, -0.2) is 4.98 Å². The van der Waals surface area contributed by atoms with Gasteiger partial charge in [-0.2, -0.15) is 0 Å². The summed E-state index contributed by atoms with van der Waals surface area (Å²) in [6.45, 7) is 8.67. The van der Waals surface area contributed by atoms with Crippen molar-refractivity contribution in [3.63, 3.8) is 0 Å². The molecular formula is C20H23N3O2S2. The average Bonchev–Trinajstić information content (AvgIpc) is 3.07. The zero-order valence-electron chi connectivity index (χ0n) is 15.9. The lowest BCUT2D eigenvalue weighted by molar-refractivity contribution is -0.113. The molecule has 0 aliphatic rings. The summed E-state index contributed by atoms with van der Waals surface area (Å²) in [7, 11) is 0. The highest BCUT2D eigenvalue weighted by molar-refractivity contribution is 7.99. The molecule has 0 spiro atoms. The Morgan fingerprint density at radius 3 is 2.81 bits per heavy atom. The summed E-state index contributed by atoms with van der Waals surface area (Å²) in [5, 5.41) is 5.42. The number of rotatable bonds is 6. The molecule has 0 unspecified atom stereocenters. The molecule has 1 N–H and O–H groups in total. The second-order valence-electron chi connectivity index (χ2n) is 6.99. The lowest BCUT2D eigenvalue weighted by atomic mass is 10.1. The number of anilines is 1. The number of carbonyl (C=O) groups is 1. The number of thioether (sulfide) groups is 1. The number of hydrogen-bond donors (Lipinski definition) is 1. The number of nitrogens with zero attached hydrogens (tertiary/aromatic N) is 2. The fourth-order valence-electron chi connectivity index (χ4n) is 2.75. The van der Waals surface area contributed by atoms with Gasteiger partial charge in [-0.3, -0.25) is 14.2 Å². The van der Waals surface area contributed by atoms with Crippen LogP contribution in [-0.4, -0.2) is 21.2 Å². The van der Waals surface area contributed by atoms with Gasteiger partial charge in [-0.05, 0) is 48.4 Å². The highest BCUT2D eigenvalue weighted by Gasteiger charge is 2.15. The third-order valence-corrected chi connectivity index (χ3v) is 5.95. The first-order valence-corrected chi connectivity index (χ1v) is 10.7. The van der Waals surface area contributed by atoms with Crippen LogP contribution in [0.15, 0.2) is 39.6 Å². The van der Waals surface area contributed by atoms with E-state index < -0.39 is 0 Å². The van der Waals surface area contributed by atoms with Crippen molar-refractivity contribution in [3.8, 4) is 0 Å². The smallest absolute Gasteiger partial charge is 0.272 e. The molecule has 2 aromatic heterocycles. The molecule has 142 valence electrons. The van der Waals surface area contributed by atoms with E-state index in [1.165, 1.54) is 23.1 Å². The number of fused-ring (bicyclic) bond motifs is 1. The first-order valence-electron chi connectivity index (χ1n) is 8.83. The number of nitrogens with one attached hydrogen (secondary N) is 1. The predicted molar refractivity (Wildman–Crippen MR) is 114 cm³/mol. The van der Waals surface area contributed by atoms with Crippen molar-refractivity contribution in [2.45, 2.75) is 39.4 Å². The highest BCUT2D eigenvalue weighted by atomic mass is 32.2. The second kappa shape index (κ2) is 8.27. The van der Waals surface area contributed by atoms with E-state index in [9.17, 15) is 9.59 Å². The maximum absolute atomic E-state index is 12.8. The van der Waals surface area contributed by atoms with Gasteiger partial charge in [-0.1, -0.05) is 37.7 Å². The number of hydrogen-bond acceptors (Lipinski definition) is 5. The minimum atomic E-state index is -0.107. The zero-order valence-corrected chi connectivity index (χ0v) is 17.5. The van der Waals surface area contributed by atoms with Crippen molar-refractivity contribution >= 4 is 44.9 Å². The summed E-state index contributed by atoms with van der Waals surface area (Å²) in [5.41, 5.74) is 3.61. The highest BCUT2D eigenvalue weighted by Crippen LogP contribution is 2.22. The Morgan fingerprint density at radius 1 is 1.30 bits per heavy atom. The summed E-state index contributed by atoms with van der Waals surface area (Å²) in [4.78, 5) is 29.8. The van der Waals surface area contributed by atoms with Gasteiger partial charge >= 0.3 is 0 Å². The van der Waals surface area contributed by atoms with Crippen LogP contribution in [0.3, 0.4) is 0 Å². The van der Waals surface area contributed by atoms with Gasteiger partial charge in [-0.15, -0.1) is 11.3 Å². The number of carbonyl (C=O) groups excluding carboxylic acids is 1. The van der Waals surface area contributed by atoms with Crippen molar-refractivity contribution in [3.05, 3.63) is 51.1 Å². The van der Waals surface area contributed by atoms with Crippen LogP contribution in [0.4, 0.5) is 5.69 Å². The quantitative estimate of drug-likeness (QED) is 0.489. The van der Waals surface area contributed by atoms with Crippen molar-refractivity contribution in [2.75, 3.05) is 11.1 Å². The zero-order chi connectivity index (χ0) is 19.6. The molecule has 0 saturated carbocycles. The van der Waals surface area contributed by atoms with Crippen molar-refractivity contribution in [2.24, 2.45) is 5.92 Å². The van der Waals surface area contributed by atoms with Crippen LogP contribution in [0.5, 0.6) is 0 Å². The van der Waals surface area contributed by atoms with E-state index in [-0.39, 0.29) is 17.2 Å². The van der Waals surface area contributed by atoms with Crippen LogP contribution in [0.2, 0.25) is 0 Å². The van der Waals surface area contributed by atoms with Crippen LogP contribution in [0.25, 0.3) is 10.2 Å². The Kier molecular flexibility index (Phi) is 6.01. The second-order valence-corrected chi connectivity index (χ2v) is 8.85. The predicted octanol–water partition coefficient (Wildman–Crippen LogP) is 4.46. The number of aryl methyl sites for hydroxylation is 2. The maximum atomic E-state index is 12.8. The summed E-state index contributed by atoms with van der Waals surface area (Å²) in [5.74, 6) is 0.405. The summed E-state index contributed by atoms with van der Waals surface area (Å²) in [6, 6.07) is 7.82. The molecule has 0 aliphatic carbocycles. The third-order valence-electron chi connectivity index (χ3n) is 4.08. The monoisotopic (exact) mass is 401 g/mol. The molecule has 0 bridgehead atoms. The van der Waals surface area contributed by atoms with Gasteiger partial charge in [0, 0.05) is 12.2 Å². The normalized spacial score (nSPS) is 11.3. The Hall–Kier alpha value is -2.12. The molecule has 27 heavy (non-hydrogen) atoms. The summed E-state index contributed by atoms with van der Waals surface area (Å²) < 4.78 is 2.36. The largest absolute Gasteiger partial charge is 0.325 e. The van der Waals surface area contributed by atoms with E-state index >= 15 is 0 Å². The number of amides is 1. The molecular weight excluding hydrogens is 378 g/mol. The van der Waals surface area contributed by atoms with E-state index in [1.807, 2.05) is 43.5 Å². The van der Waals surface area contributed by atoms with Crippen LogP contribution in [-0.2, 0) is 11.3 Å². The molecule has 5 nitrogen and oxygen atoms in total. The standard InChI is InChI=1S/C20H23N3O2S2/c1-12(2)10-23-19(25)18-15(7-8-26-18)22-20(23)27-11-17(24)21-16-9-13(3)5-6-14(16)4/h5-9,12H,10-11H2,1-4H3,(H,21,24). The van der Waals surface area contributed by atoms with E-state index in [1.54, 1.807) is 4.57 Å². The molecule has 3 rings (SSSR count). The molecule has 0 saturated heterocycles. The molecule has 0 atom stereocenters. The van der Waals surface area contributed by atoms with Crippen LogP contribution in [0, 0.1) is 19.8 Å². The van der Waals surface area contributed by atoms with Gasteiger partial charge in [0.15, 0.2) is 5.16 Å². The van der Waals surface area contributed by atoms with Crippen LogP contribution < -0.4 is 10.9 Å². The first-order chi connectivity index (χ1) is 12.8. The SMILES string of the molecule is Cc1ccc(C)c(NC(=O)CSc2nc3ccsc3c(=O)n2CC(C)C)c1. The minimum absolute atomic E-state index is 0.0267. The topological polar surface area (TPSA) is 64.0 Å². The number of aromatic nitrogens is 2. The lowest BCUT2D eigenvalue weighted by Crippen LogP contribution is -2.25. The Morgan fingerprint density at radius 2 is 2.07 bits per heavy atom. The fraction of sp³-hybridized carbons (Fsp3) is 0.350. The fourth-order valence-corrected chi connectivity index (χ4v) is 4.33. The molecule has 0 fully saturated rings. The van der Waals surface area contributed by atoms with Gasteiger partial charge in [0.05, 0.1) is 11.3 Å². The van der Waals surface area contributed by atoms with E-state index in [4.69, 9.17) is 0 Å². The number of thiophene rings is 1. The molecule has 0 radical (unpaired) electrons. The van der Waals surface area contributed by atoms with Crippen molar-refractivity contribution in [1.82, 2.24) is 9.55 Å². The van der Waals surface area contributed by atoms with Crippen molar-refractivity contribution < 1.29 is 4.79 Å². The molecule has 7 heteroatoms. The lowest BCUT2D eigenvalue weighted by Gasteiger charge is -2.14. The third kappa shape index (κ3) is 4.59. The minimum Gasteiger partial charge on any atom is -0.325 e. The van der Waals surface area contributed by atoms with Gasteiger partial charge in [0.2, 0.25) is 5.91 Å². The summed E-state index contributed by atoms with van der Waals surface area (Å²) in [6.07, 6.45) is 0. The Bertz CT molecular complexity index is 1040. The molecule has 3 aromatic rings.